The molecule has 1 aromatic heterocycles. The highest BCUT2D eigenvalue weighted by Gasteiger charge is 2.27. The molecular weight excluding hydrogens is 362 g/mol. The topological polar surface area (TPSA) is 101 Å². The molecule has 0 aliphatic carbocycles. The zero-order valence-electron chi connectivity index (χ0n) is 16.4. The summed E-state index contributed by atoms with van der Waals surface area (Å²) in [5.41, 5.74) is 1.59. The van der Waals surface area contributed by atoms with Crippen molar-refractivity contribution in [3.63, 3.8) is 0 Å². The molecule has 1 atom stereocenters. The summed E-state index contributed by atoms with van der Waals surface area (Å²) in [5, 5.41) is 5.22. The van der Waals surface area contributed by atoms with E-state index in [2.05, 4.69) is 10.6 Å². The van der Waals surface area contributed by atoms with E-state index >= 15 is 0 Å². The average molecular weight is 387 g/mol. The Morgan fingerprint density at radius 2 is 1.79 bits per heavy atom. The number of hydrogen-bond donors (Lipinski definition) is 2. The van der Waals surface area contributed by atoms with Crippen molar-refractivity contribution in [3.8, 4) is 0 Å². The van der Waals surface area contributed by atoms with Crippen molar-refractivity contribution in [1.82, 2.24) is 5.32 Å². The second-order valence-electron chi connectivity index (χ2n) is 6.77. The first-order chi connectivity index (χ1) is 13.3. The Bertz CT molecular complexity index is 798. The van der Waals surface area contributed by atoms with Crippen LogP contribution in [0.3, 0.4) is 0 Å². The Morgan fingerprint density at radius 1 is 1.11 bits per heavy atom. The van der Waals surface area contributed by atoms with Gasteiger partial charge in [-0.25, -0.2) is 4.79 Å². The summed E-state index contributed by atoms with van der Waals surface area (Å²) in [5.74, 6) is -1.81. The minimum atomic E-state index is -0.898. The number of ether oxygens (including phenoxy) is 1. The third-order valence-corrected chi connectivity index (χ3v) is 3.97. The van der Waals surface area contributed by atoms with Crippen molar-refractivity contribution >= 4 is 29.2 Å². The van der Waals surface area contributed by atoms with Gasteiger partial charge in [-0.15, -0.1) is 0 Å². The standard InChI is InChI=1S/C20H25N3O5/c1-13(2)18(22-19(25)16-6-5-11-27-16)20(26)28-12-17(24)21-14-7-9-15(10-8-14)23(3)4/h5-11,13,18H,12H2,1-4H3,(H,21,24)(H,22,25)/t18-/m0/s1. The first-order valence-corrected chi connectivity index (χ1v) is 8.86. The first kappa shape index (κ1) is 21.0. The highest BCUT2D eigenvalue weighted by molar-refractivity contribution is 5.96. The maximum atomic E-state index is 12.3. The Morgan fingerprint density at radius 3 is 2.32 bits per heavy atom. The summed E-state index contributed by atoms with van der Waals surface area (Å²) in [6.07, 6.45) is 1.37. The van der Waals surface area contributed by atoms with E-state index in [1.54, 1.807) is 32.0 Å². The summed E-state index contributed by atoms with van der Waals surface area (Å²) < 4.78 is 10.1. The number of hydrogen-bond acceptors (Lipinski definition) is 6. The van der Waals surface area contributed by atoms with Gasteiger partial charge in [-0.1, -0.05) is 13.8 Å². The quantitative estimate of drug-likeness (QED) is 0.674. The summed E-state index contributed by atoms with van der Waals surface area (Å²) in [7, 11) is 3.84. The molecule has 0 unspecified atom stereocenters. The molecule has 0 saturated heterocycles. The minimum Gasteiger partial charge on any atom is -0.459 e. The van der Waals surface area contributed by atoms with E-state index in [-0.39, 0.29) is 11.7 Å². The number of amides is 2. The molecule has 8 nitrogen and oxygen atoms in total. The zero-order chi connectivity index (χ0) is 20.7. The SMILES string of the molecule is CC(C)[C@H](NC(=O)c1ccco1)C(=O)OCC(=O)Nc1ccc(N(C)C)cc1. The lowest BCUT2D eigenvalue weighted by Crippen LogP contribution is -2.45. The smallest absolute Gasteiger partial charge is 0.329 e. The van der Waals surface area contributed by atoms with Crippen LogP contribution in [0, 0.1) is 5.92 Å². The molecule has 1 aromatic carbocycles. The predicted molar refractivity (Wildman–Crippen MR) is 105 cm³/mol. The lowest BCUT2D eigenvalue weighted by molar-refractivity contribution is -0.150. The van der Waals surface area contributed by atoms with Gasteiger partial charge in [0, 0.05) is 25.5 Å². The summed E-state index contributed by atoms with van der Waals surface area (Å²) in [6, 6.07) is 9.41. The van der Waals surface area contributed by atoms with E-state index in [0.717, 1.165) is 5.69 Å². The van der Waals surface area contributed by atoms with Gasteiger partial charge in [0.15, 0.2) is 12.4 Å². The average Bonchev–Trinajstić information content (AvgIpc) is 3.19. The summed E-state index contributed by atoms with van der Waals surface area (Å²) in [6.45, 7) is 3.08. The van der Waals surface area contributed by atoms with Crippen molar-refractivity contribution in [1.29, 1.82) is 0 Å². The molecule has 150 valence electrons. The number of esters is 1. The largest absolute Gasteiger partial charge is 0.459 e. The Balaban J connectivity index is 1.87. The highest BCUT2D eigenvalue weighted by Crippen LogP contribution is 2.15. The number of rotatable bonds is 8. The summed E-state index contributed by atoms with van der Waals surface area (Å²) in [4.78, 5) is 38.4. The van der Waals surface area contributed by atoms with Crippen molar-refractivity contribution < 1.29 is 23.5 Å². The molecule has 2 rings (SSSR count). The Kier molecular flexibility index (Phi) is 7.20. The van der Waals surface area contributed by atoms with Gasteiger partial charge in [0.1, 0.15) is 6.04 Å². The molecule has 0 radical (unpaired) electrons. The second-order valence-corrected chi connectivity index (χ2v) is 6.77. The van der Waals surface area contributed by atoms with Gasteiger partial charge in [0.05, 0.1) is 6.26 Å². The van der Waals surface area contributed by atoms with Crippen LogP contribution in [0.2, 0.25) is 0 Å². The fraction of sp³-hybridized carbons (Fsp3) is 0.350. The van der Waals surface area contributed by atoms with E-state index in [9.17, 15) is 14.4 Å². The molecule has 2 amide bonds. The van der Waals surface area contributed by atoms with E-state index in [0.29, 0.717) is 5.69 Å². The van der Waals surface area contributed by atoms with Gasteiger partial charge in [0.25, 0.3) is 11.8 Å². The van der Waals surface area contributed by atoms with Crippen LogP contribution in [0.1, 0.15) is 24.4 Å². The van der Waals surface area contributed by atoms with E-state index < -0.39 is 30.4 Å². The fourth-order valence-corrected chi connectivity index (χ4v) is 2.38. The molecule has 0 aliphatic heterocycles. The first-order valence-electron chi connectivity index (χ1n) is 8.86. The number of furan rings is 1. The maximum absolute atomic E-state index is 12.3. The molecule has 2 N–H and O–H groups in total. The van der Waals surface area contributed by atoms with Crippen LogP contribution in [0.25, 0.3) is 0 Å². The number of carbonyl (C=O) groups excluding carboxylic acids is 3. The van der Waals surface area contributed by atoms with E-state index in [4.69, 9.17) is 9.15 Å². The number of benzene rings is 1. The van der Waals surface area contributed by atoms with Gasteiger partial charge >= 0.3 is 5.97 Å². The number of carbonyl (C=O) groups is 3. The Labute approximate surface area is 163 Å². The van der Waals surface area contributed by atoms with Crippen LogP contribution in [-0.2, 0) is 14.3 Å². The Hall–Kier alpha value is -3.29. The molecule has 2 aromatic rings. The third kappa shape index (κ3) is 5.87. The number of nitrogens with one attached hydrogen (secondary N) is 2. The van der Waals surface area contributed by atoms with Crippen LogP contribution in [0.4, 0.5) is 11.4 Å². The number of nitrogens with zero attached hydrogens (tertiary/aromatic N) is 1. The van der Waals surface area contributed by atoms with Crippen LogP contribution >= 0.6 is 0 Å². The van der Waals surface area contributed by atoms with E-state index in [1.807, 2.05) is 31.1 Å². The fourth-order valence-electron chi connectivity index (χ4n) is 2.38. The van der Waals surface area contributed by atoms with Crippen molar-refractivity contribution in [2.75, 3.05) is 30.9 Å². The van der Waals surface area contributed by atoms with Gasteiger partial charge in [0.2, 0.25) is 0 Å². The lowest BCUT2D eigenvalue weighted by Gasteiger charge is -2.20. The maximum Gasteiger partial charge on any atom is 0.329 e. The molecule has 28 heavy (non-hydrogen) atoms. The van der Waals surface area contributed by atoms with Crippen molar-refractivity contribution in [2.45, 2.75) is 19.9 Å². The highest BCUT2D eigenvalue weighted by atomic mass is 16.5. The van der Waals surface area contributed by atoms with Gasteiger partial charge in [-0.05, 0) is 42.3 Å². The van der Waals surface area contributed by atoms with Crippen LogP contribution < -0.4 is 15.5 Å². The predicted octanol–water partition coefficient (Wildman–Crippen LogP) is 2.28. The van der Waals surface area contributed by atoms with Crippen molar-refractivity contribution in [2.24, 2.45) is 5.92 Å². The lowest BCUT2D eigenvalue weighted by atomic mass is 10.0. The van der Waals surface area contributed by atoms with E-state index in [1.165, 1.54) is 12.3 Å². The van der Waals surface area contributed by atoms with Gasteiger partial charge < -0.3 is 24.7 Å². The zero-order valence-corrected chi connectivity index (χ0v) is 16.4. The molecule has 0 fully saturated rings. The second kappa shape index (κ2) is 9.59. The van der Waals surface area contributed by atoms with Crippen molar-refractivity contribution in [3.05, 3.63) is 48.4 Å². The van der Waals surface area contributed by atoms with Crippen LogP contribution in [0.15, 0.2) is 47.1 Å². The molecular formula is C20H25N3O5. The van der Waals surface area contributed by atoms with Gasteiger partial charge in [-0.3, -0.25) is 9.59 Å². The minimum absolute atomic E-state index is 0.0948. The molecule has 0 spiro atoms. The van der Waals surface area contributed by atoms with Crippen LogP contribution in [-0.4, -0.2) is 44.5 Å². The molecule has 1 heterocycles. The molecule has 0 aliphatic rings. The van der Waals surface area contributed by atoms with Gasteiger partial charge in [-0.2, -0.15) is 0 Å². The number of anilines is 2. The molecule has 0 bridgehead atoms. The normalized spacial score (nSPS) is 11.6. The third-order valence-electron chi connectivity index (χ3n) is 3.97. The molecule has 0 saturated carbocycles. The van der Waals surface area contributed by atoms with Crippen LogP contribution in [0.5, 0.6) is 0 Å². The monoisotopic (exact) mass is 387 g/mol. The molecule has 8 heteroatoms. The summed E-state index contributed by atoms with van der Waals surface area (Å²) >= 11 is 0.